The predicted molar refractivity (Wildman–Crippen MR) is 84.9 cm³/mol. The number of thiophene rings is 1. The van der Waals surface area contributed by atoms with E-state index in [1.165, 1.54) is 28.0 Å². The van der Waals surface area contributed by atoms with Gasteiger partial charge in [-0.3, -0.25) is 14.5 Å². The molecule has 104 valence electrons. The van der Waals surface area contributed by atoms with Crippen molar-refractivity contribution in [2.45, 2.75) is 19.4 Å². The van der Waals surface area contributed by atoms with E-state index in [2.05, 4.69) is 0 Å². The zero-order chi connectivity index (χ0) is 14.3. The number of halogens is 1. The summed E-state index contributed by atoms with van der Waals surface area (Å²) in [7, 11) is 0. The quantitative estimate of drug-likeness (QED) is 0.807. The third-order valence-electron chi connectivity index (χ3n) is 3.38. The molecule has 0 spiro atoms. The molecule has 2 amide bonds. The van der Waals surface area contributed by atoms with Gasteiger partial charge in [0.05, 0.1) is 11.1 Å². The molecule has 2 heterocycles. The molecule has 1 unspecified atom stereocenters. The molecule has 1 atom stereocenters. The van der Waals surface area contributed by atoms with Crippen LogP contribution in [0.15, 0.2) is 24.3 Å². The van der Waals surface area contributed by atoms with Crippen molar-refractivity contribution in [3.63, 3.8) is 0 Å². The maximum Gasteiger partial charge on any atom is 0.288 e. The summed E-state index contributed by atoms with van der Waals surface area (Å²) >= 11 is 8.86. The lowest BCUT2D eigenvalue weighted by Gasteiger charge is -2.19. The molecule has 0 bridgehead atoms. The average molecular weight is 326 g/mol. The Morgan fingerprint density at radius 3 is 2.90 bits per heavy atom. The van der Waals surface area contributed by atoms with Gasteiger partial charge in [-0.1, -0.05) is 48.5 Å². The number of hydrogen-bond donors (Lipinski definition) is 0. The lowest BCUT2D eigenvalue weighted by molar-refractivity contribution is 0.0790. The molecule has 3 rings (SSSR count). The monoisotopic (exact) mass is 325 g/mol. The molecular weight excluding hydrogens is 314 g/mol. The van der Waals surface area contributed by atoms with Crippen molar-refractivity contribution < 1.29 is 9.59 Å². The lowest BCUT2D eigenvalue weighted by Crippen LogP contribution is -2.38. The SMILES string of the molecule is CCC1CSC(=O)N1C(=O)c1sc2ccccc2c1Cl. The van der Waals surface area contributed by atoms with E-state index < -0.39 is 0 Å². The van der Waals surface area contributed by atoms with Crippen LogP contribution in [-0.2, 0) is 0 Å². The second-order valence-corrected chi connectivity index (χ2v) is 6.96. The van der Waals surface area contributed by atoms with E-state index in [-0.39, 0.29) is 17.2 Å². The third kappa shape index (κ3) is 2.14. The van der Waals surface area contributed by atoms with Gasteiger partial charge in [0.1, 0.15) is 4.88 Å². The van der Waals surface area contributed by atoms with Gasteiger partial charge in [-0.15, -0.1) is 11.3 Å². The number of thioether (sulfide) groups is 1. The largest absolute Gasteiger partial charge is 0.288 e. The fourth-order valence-electron chi connectivity index (χ4n) is 2.27. The molecule has 2 aromatic rings. The van der Waals surface area contributed by atoms with Crippen molar-refractivity contribution in [2.75, 3.05) is 5.75 Å². The van der Waals surface area contributed by atoms with E-state index in [1.807, 2.05) is 31.2 Å². The van der Waals surface area contributed by atoms with Crippen molar-refractivity contribution in [3.8, 4) is 0 Å². The summed E-state index contributed by atoms with van der Waals surface area (Å²) in [5, 5.41) is 1.15. The Labute approximate surface area is 129 Å². The average Bonchev–Trinajstić information content (AvgIpc) is 2.99. The normalized spacial score (nSPS) is 19.0. The molecule has 1 fully saturated rings. The van der Waals surface area contributed by atoms with Crippen LogP contribution in [0, 0.1) is 0 Å². The van der Waals surface area contributed by atoms with Gasteiger partial charge in [0, 0.05) is 15.8 Å². The number of fused-ring (bicyclic) bond motifs is 1. The summed E-state index contributed by atoms with van der Waals surface area (Å²) in [6.45, 7) is 1.98. The van der Waals surface area contributed by atoms with Crippen LogP contribution in [0.3, 0.4) is 0 Å². The van der Waals surface area contributed by atoms with E-state index in [0.717, 1.165) is 16.5 Å². The molecule has 1 aromatic heterocycles. The van der Waals surface area contributed by atoms with Gasteiger partial charge >= 0.3 is 0 Å². The van der Waals surface area contributed by atoms with Gasteiger partial charge in [0.25, 0.3) is 11.1 Å². The number of imide groups is 1. The van der Waals surface area contributed by atoms with Gasteiger partial charge in [-0.05, 0) is 12.5 Å². The van der Waals surface area contributed by atoms with E-state index in [1.54, 1.807) is 0 Å². The first kappa shape index (κ1) is 13.9. The number of carbonyl (C=O) groups is 2. The maximum atomic E-state index is 12.6. The van der Waals surface area contributed by atoms with Crippen LogP contribution in [0.5, 0.6) is 0 Å². The maximum absolute atomic E-state index is 12.6. The van der Waals surface area contributed by atoms with Crippen molar-refractivity contribution in [2.24, 2.45) is 0 Å². The van der Waals surface area contributed by atoms with Crippen LogP contribution in [-0.4, -0.2) is 27.8 Å². The molecule has 0 aliphatic carbocycles. The minimum Gasteiger partial charge on any atom is -0.268 e. The van der Waals surface area contributed by atoms with Gasteiger partial charge in [0.15, 0.2) is 0 Å². The Morgan fingerprint density at radius 1 is 1.45 bits per heavy atom. The Hall–Kier alpha value is -1.04. The number of amides is 2. The summed E-state index contributed by atoms with van der Waals surface area (Å²) in [6.07, 6.45) is 0.771. The Kier molecular flexibility index (Phi) is 3.75. The van der Waals surface area contributed by atoms with Crippen molar-refractivity contribution in [1.29, 1.82) is 0 Å². The molecule has 0 N–H and O–H groups in total. The zero-order valence-electron chi connectivity index (χ0n) is 10.8. The molecule has 0 saturated carbocycles. The van der Waals surface area contributed by atoms with Gasteiger partial charge in [0.2, 0.25) is 0 Å². The van der Waals surface area contributed by atoms with Crippen LogP contribution in [0.25, 0.3) is 10.1 Å². The minimum atomic E-state index is -0.266. The molecular formula is C14H12ClNO2S2. The molecule has 1 saturated heterocycles. The predicted octanol–water partition coefficient (Wildman–Crippen LogP) is 4.64. The van der Waals surface area contributed by atoms with Crippen LogP contribution < -0.4 is 0 Å². The van der Waals surface area contributed by atoms with E-state index in [4.69, 9.17) is 11.6 Å². The van der Waals surface area contributed by atoms with Crippen LogP contribution in [0.2, 0.25) is 5.02 Å². The first-order chi connectivity index (χ1) is 9.63. The topological polar surface area (TPSA) is 37.4 Å². The highest BCUT2D eigenvalue weighted by molar-refractivity contribution is 8.14. The first-order valence-electron chi connectivity index (χ1n) is 6.30. The van der Waals surface area contributed by atoms with E-state index >= 15 is 0 Å². The standard InChI is InChI=1S/C14H12ClNO2S2/c1-2-8-7-19-14(18)16(8)13(17)12-11(15)9-5-3-4-6-10(9)20-12/h3-6,8H,2,7H2,1H3. The van der Waals surface area contributed by atoms with Gasteiger partial charge in [-0.25, -0.2) is 0 Å². The number of rotatable bonds is 2. The summed E-state index contributed by atoms with van der Waals surface area (Å²) in [5.74, 6) is 0.405. The molecule has 20 heavy (non-hydrogen) atoms. The van der Waals surface area contributed by atoms with Crippen molar-refractivity contribution >= 4 is 55.9 Å². The second-order valence-electron chi connectivity index (χ2n) is 4.56. The highest BCUT2D eigenvalue weighted by Gasteiger charge is 2.37. The molecule has 1 aliphatic rings. The van der Waals surface area contributed by atoms with Crippen molar-refractivity contribution in [1.82, 2.24) is 4.90 Å². The highest BCUT2D eigenvalue weighted by Crippen LogP contribution is 2.38. The van der Waals surface area contributed by atoms with Gasteiger partial charge < -0.3 is 0 Å². The number of carbonyl (C=O) groups excluding carboxylic acids is 2. The van der Waals surface area contributed by atoms with Crippen LogP contribution in [0.1, 0.15) is 23.0 Å². The molecule has 1 aliphatic heterocycles. The lowest BCUT2D eigenvalue weighted by atomic mass is 10.2. The fraction of sp³-hybridized carbons (Fsp3) is 0.286. The zero-order valence-corrected chi connectivity index (χ0v) is 13.1. The Bertz CT molecular complexity index is 698. The summed E-state index contributed by atoms with van der Waals surface area (Å²) in [5.41, 5.74) is 0. The number of benzene rings is 1. The third-order valence-corrected chi connectivity index (χ3v) is 6.04. The number of nitrogens with zero attached hydrogens (tertiary/aromatic N) is 1. The summed E-state index contributed by atoms with van der Waals surface area (Å²) in [6, 6.07) is 7.60. The highest BCUT2D eigenvalue weighted by atomic mass is 35.5. The van der Waals surface area contributed by atoms with Crippen LogP contribution in [0.4, 0.5) is 4.79 Å². The number of hydrogen-bond acceptors (Lipinski definition) is 4. The smallest absolute Gasteiger partial charge is 0.268 e. The first-order valence-corrected chi connectivity index (χ1v) is 8.48. The Balaban J connectivity index is 2.04. The van der Waals surface area contributed by atoms with E-state index in [9.17, 15) is 9.59 Å². The molecule has 3 nitrogen and oxygen atoms in total. The Morgan fingerprint density at radius 2 is 2.20 bits per heavy atom. The van der Waals surface area contributed by atoms with Crippen LogP contribution >= 0.6 is 34.7 Å². The fourth-order valence-corrected chi connectivity index (χ4v) is 4.81. The van der Waals surface area contributed by atoms with E-state index in [0.29, 0.717) is 15.7 Å². The minimum absolute atomic E-state index is 0.0266. The summed E-state index contributed by atoms with van der Waals surface area (Å²) < 4.78 is 0.966. The van der Waals surface area contributed by atoms with Crippen molar-refractivity contribution in [3.05, 3.63) is 34.2 Å². The van der Waals surface area contributed by atoms with Gasteiger partial charge in [-0.2, -0.15) is 0 Å². The molecule has 1 aromatic carbocycles. The summed E-state index contributed by atoms with van der Waals surface area (Å²) in [4.78, 5) is 26.4. The molecule has 0 radical (unpaired) electrons. The second kappa shape index (κ2) is 5.39. The molecule has 6 heteroatoms.